The molecule has 5 heteroatoms. The van der Waals surface area contributed by atoms with Gasteiger partial charge in [0.25, 0.3) is 0 Å². The van der Waals surface area contributed by atoms with E-state index in [1.54, 1.807) is 4.31 Å². The molecule has 106 valence electrons. The Kier molecular flexibility index (Phi) is 4.67. The maximum absolute atomic E-state index is 12.3. The molecule has 0 bridgehead atoms. The first kappa shape index (κ1) is 14.3. The summed E-state index contributed by atoms with van der Waals surface area (Å²) in [7, 11) is -3.05. The Morgan fingerprint density at radius 3 is 2.39 bits per heavy atom. The second-order valence-electron chi connectivity index (χ2n) is 6.05. The zero-order valence-corrected chi connectivity index (χ0v) is 12.4. The summed E-state index contributed by atoms with van der Waals surface area (Å²) in [5.41, 5.74) is 0. The number of hydrogen-bond donors (Lipinski definition) is 1. The molecule has 2 fully saturated rings. The molecular formula is C13H26N2O2S. The van der Waals surface area contributed by atoms with Crippen molar-refractivity contribution in [1.82, 2.24) is 9.62 Å². The Morgan fingerprint density at radius 2 is 1.89 bits per heavy atom. The van der Waals surface area contributed by atoms with Gasteiger partial charge in [-0.25, -0.2) is 12.7 Å². The van der Waals surface area contributed by atoms with Crippen molar-refractivity contribution in [3.05, 3.63) is 0 Å². The number of rotatable bonds is 4. The maximum atomic E-state index is 12.3. The third kappa shape index (κ3) is 3.45. The van der Waals surface area contributed by atoms with E-state index in [4.69, 9.17) is 0 Å². The lowest BCUT2D eigenvalue weighted by Crippen LogP contribution is -2.44. The highest BCUT2D eigenvalue weighted by atomic mass is 32.2. The van der Waals surface area contributed by atoms with Gasteiger partial charge in [-0.15, -0.1) is 0 Å². The van der Waals surface area contributed by atoms with E-state index in [1.165, 1.54) is 0 Å². The van der Waals surface area contributed by atoms with E-state index in [-0.39, 0.29) is 6.04 Å². The minimum atomic E-state index is -3.05. The second-order valence-corrected chi connectivity index (χ2v) is 8.07. The Labute approximate surface area is 111 Å². The first-order valence-electron chi connectivity index (χ1n) is 7.20. The standard InChI is InChI=1S/C13H26N2O2S/c1-11(2)12-5-8-15(9-6-12)18(16,17)10-13-4-3-7-14-13/h11-14H,3-10H2,1-2H3. The largest absolute Gasteiger partial charge is 0.313 e. The summed E-state index contributed by atoms with van der Waals surface area (Å²) < 4.78 is 26.3. The van der Waals surface area contributed by atoms with Crippen LogP contribution in [0, 0.1) is 11.8 Å². The molecule has 0 spiro atoms. The molecule has 2 saturated heterocycles. The number of sulfonamides is 1. The molecule has 0 saturated carbocycles. The van der Waals surface area contributed by atoms with E-state index in [2.05, 4.69) is 19.2 Å². The Morgan fingerprint density at radius 1 is 1.22 bits per heavy atom. The fraction of sp³-hybridized carbons (Fsp3) is 1.00. The van der Waals surface area contributed by atoms with Gasteiger partial charge in [-0.2, -0.15) is 0 Å². The highest BCUT2D eigenvalue weighted by Crippen LogP contribution is 2.26. The smallest absolute Gasteiger partial charge is 0.215 e. The van der Waals surface area contributed by atoms with Crippen LogP contribution in [-0.2, 0) is 10.0 Å². The van der Waals surface area contributed by atoms with Crippen LogP contribution >= 0.6 is 0 Å². The highest BCUT2D eigenvalue weighted by molar-refractivity contribution is 7.89. The molecule has 0 aromatic carbocycles. The lowest BCUT2D eigenvalue weighted by Gasteiger charge is -2.33. The van der Waals surface area contributed by atoms with Crippen molar-refractivity contribution < 1.29 is 8.42 Å². The molecule has 2 rings (SSSR count). The lowest BCUT2D eigenvalue weighted by atomic mass is 9.87. The molecule has 0 radical (unpaired) electrons. The monoisotopic (exact) mass is 274 g/mol. The second kappa shape index (κ2) is 5.88. The zero-order valence-electron chi connectivity index (χ0n) is 11.6. The lowest BCUT2D eigenvalue weighted by molar-refractivity contribution is 0.226. The van der Waals surface area contributed by atoms with Crippen molar-refractivity contribution >= 4 is 10.0 Å². The van der Waals surface area contributed by atoms with Gasteiger partial charge in [0.1, 0.15) is 0 Å². The fourth-order valence-electron chi connectivity index (χ4n) is 3.08. The summed E-state index contributed by atoms with van der Waals surface area (Å²) in [5.74, 6) is 1.66. The van der Waals surface area contributed by atoms with Gasteiger partial charge in [0.2, 0.25) is 10.0 Å². The Bertz CT molecular complexity index is 353. The van der Waals surface area contributed by atoms with Crippen molar-refractivity contribution in [2.75, 3.05) is 25.4 Å². The predicted octanol–water partition coefficient (Wildman–Crippen LogP) is 1.44. The van der Waals surface area contributed by atoms with Crippen molar-refractivity contribution in [2.24, 2.45) is 11.8 Å². The van der Waals surface area contributed by atoms with Crippen LogP contribution in [0.2, 0.25) is 0 Å². The maximum Gasteiger partial charge on any atom is 0.215 e. The molecule has 1 N–H and O–H groups in total. The number of piperidine rings is 1. The molecule has 1 atom stereocenters. The summed E-state index contributed by atoms with van der Waals surface area (Å²) in [4.78, 5) is 0. The minimum Gasteiger partial charge on any atom is -0.313 e. The van der Waals surface area contributed by atoms with Crippen LogP contribution in [0.5, 0.6) is 0 Å². The fourth-order valence-corrected chi connectivity index (χ4v) is 4.85. The summed E-state index contributed by atoms with van der Waals surface area (Å²) >= 11 is 0. The minimum absolute atomic E-state index is 0.179. The van der Waals surface area contributed by atoms with Crippen molar-refractivity contribution in [2.45, 2.75) is 45.6 Å². The molecule has 18 heavy (non-hydrogen) atoms. The van der Waals surface area contributed by atoms with Gasteiger partial charge < -0.3 is 5.32 Å². The quantitative estimate of drug-likeness (QED) is 0.844. The summed E-state index contributed by atoms with van der Waals surface area (Å²) in [6, 6.07) is 0.179. The van der Waals surface area contributed by atoms with E-state index in [9.17, 15) is 8.42 Å². The molecule has 0 aromatic heterocycles. The van der Waals surface area contributed by atoms with E-state index in [0.29, 0.717) is 17.6 Å². The highest BCUT2D eigenvalue weighted by Gasteiger charge is 2.31. The molecule has 2 aliphatic rings. The SMILES string of the molecule is CC(C)C1CCN(S(=O)(=O)CC2CCCN2)CC1. The topological polar surface area (TPSA) is 49.4 Å². The molecule has 2 heterocycles. The van der Waals surface area contributed by atoms with Gasteiger partial charge in [0, 0.05) is 19.1 Å². The number of nitrogens with one attached hydrogen (secondary N) is 1. The third-order valence-corrected chi connectivity index (χ3v) is 6.38. The molecule has 0 aromatic rings. The van der Waals surface area contributed by atoms with Gasteiger partial charge >= 0.3 is 0 Å². The van der Waals surface area contributed by atoms with Crippen LogP contribution in [0.1, 0.15) is 39.5 Å². The van der Waals surface area contributed by atoms with Crippen LogP contribution in [0.3, 0.4) is 0 Å². The first-order chi connectivity index (χ1) is 8.49. The Hall–Kier alpha value is -0.130. The van der Waals surface area contributed by atoms with Gasteiger partial charge in [-0.3, -0.25) is 0 Å². The molecule has 0 amide bonds. The third-order valence-electron chi connectivity index (χ3n) is 4.41. The predicted molar refractivity (Wildman–Crippen MR) is 73.9 cm³/mol. The Balaban J connectivity index is 1.87. The van der Waals surface area contributed by atoms with Crippen LogP contribution < -0.4 is 5.32 Å². The summed E-state index contributed by atoms with van der Waals surface area (Å²) in [6.45, 7) is 6.87. The zero-order chi connectivity index (χ0) is 13.2. The van der Waals surface area contributed by atoms with E-state index in [1.807, 2.05) is 0 Å². The number of hydrogen-bond acceptors (Lipinski definition) is 3. The molecule has 0 aliphatic carbocycles. The van der Waals surface area contributed by atoms with Crippen LogP contribution in [0.25, 0.3) is 0 Å². The van der Waals surface area contributed by atoms with Crippen molar-refractivity contribution in [3.8, 4) is 0 Å². The van der Waals surface area contributed by atoms with Gasteiger partial charge in [-0.05, 0) is 44.1 Å². The average Bonchev–Trinajstić information content (AvgIpc) is 2.81. The number of nitrogens with zero attached hydrogens (tertiary/aromatic N) is 1. The molecular weight excluding hydrogens is 248 g/mol. The van der Waals surface area contributed by atoms with Crippen molar-refractivity contribution in [3.63, 3.8) is 0 Å². The average molecular weight is 274 g/mol. The van der Waals surface area contributed by atoms with Crippen molar-refractivity contribution in [1.29, 1.82) is 0 Å². The van der Waals surface area contributed by atoms with E-state index >= 15 is 0 Å². The molecule has 4 nitrogen and oxygen atoms in total. The molecule has 2 aliphatic heterocycles. The van der Waals surface area contributed by atoms with Crippen LogP contribution in [0.15, 0.2) is 0 Å². The van der Waals surface area contributed by atoms with E-state index in [0.717, 1.165) is 45.3 Å². The van der Waals surface area contributed by atoms with Crippen LogP contribution in [0.4, 0.5) is 0 Å². The summed E-state index contributed by atoms with van der Waals surface area (Å²) in [6.07, 6.45) is 4.15. The van der Waals surface area contributed by atoms with E-state index < -0.39 is 10.0 Å². The van der Waals surface area contributed by atoms with Gasteiger partial charge in [-0.1, -0.05) is 13.8 Å². The summed E-state index contributed by atoms with van der Waals surface area (Å²) in [5, 5.41) is 3.27. The normalized spacial score (nSPS) is 28.1. The molecule has 1 unspecified atom stereocenters. The first-order valence-corrected chi connectivity index (χ1v) is 8.81. The van der Waals surface area contributed by atoms with Crippen LogP contribution in [-0.4, -0.2) is 44.2 Å². The van der Waals surface area contributed by atoms with Gasteiger partial charge in [0.05, 0.1) is 5.75 Å². The van der Waals surface area contributed by atoms with Gasteiger partial charge in [0.15, 0.2) is 0 Å².